The van der Waals surface area contributed by atoms with Gasteiger partial charge in [0.05, 0.1) is 0 Å². The zero-order valence-electron chi connectivity index (χ0n) is 28.0. The van der Waals surface area contributed by atoms with Crippen molar-refractivity contribution in [2.75, 3.05) is 13.1 Å². The number of hydrogen-bond acceptors (Lipinski definition) is 2. The first-order chi connectivity index (χ1) is 19.7. The molecule has 0 aliphatic rings. The molecular weight excluding hydrogens is 486 g/mol. The molecule has 0 heterocycles. The van der Waals surface area contributed by atoms with Crippen LogP contribution in [-0.2, 0) is 0 Å². The molecule has 238 valence electrons. The zero-order valence-corrected chi connectivity index (χ0v) is 28.0. The lowest BCUT2D eigenvalue weighted by Crippen LogP contribution is -2.18. The zero-order chi connectivity index (χ0) is 29.2. The molecular formula is C38H74NO-. The molecule has 0 rings (SSSR count). The van der Waals surface area contributed by atoms with Crippen molar-refractivity contribution in [1.29, 1.82) is 0 Å². The SMILES string of the molecule is CCCCCCCC/C=C\CCCCCCCCN([O-])CCCCCCCC/C=C\CCCCCCCC(C)C. The number of nitrogens with zero attached hydrogens (tertiary/aromatic N) is 1. The van der Waals surface area contributed by atoms with Crippen molar-refractivity contribution >= 4 is 0 Å². The molecule has 0 aromatic rings. The van der Waals surface area contributed by atoms with Crippen molar-refractivity contribution < 1.29 is 0 Å². The first-order valence-electron chi connectivity index (χ1n) is 18.4. The molecule has 0 N–H and O–H groups in total. The Hall–Kier alpha value is -0.600. The molecule has 40 heavy (non-hydrogen) atoms. The smallest absolute Gasteiger partial charge is 0.0145 e. The number of hydroxylamine groups is 2. The van der Waals surface area contributed by atoms with Gasteiger partial charge in [-0.2, -0.15) is 0 Å². The largest absolute Gasteiger partial charge is 0.785 e. The lowest BCUT2D eigenvalue weighted by atomic mass is 10.0. The average Bonchev–Trinajstić information content (AvgIpc) is 2.94. The standard InChI is InChI=1S/C38H74NO/c1-4-5-6-7-8-9-10-11-12-15-18-21-24-27-30-33-36-39(40)37-34-31-28-25-22-19-16-13-14-17-20-23-26-29-32-35-38(2)3/h11-14,38H,4-10,15-37H2,1-3H3/q-1/b12-11-,14-13-. The maximum absolute atomic E-state index is 12.1. The van der Waals surface area contributed by atoms with Crippen LogP contribution < -0.4 is 0 Å². The van der Waals surface area contributed by atoms with Gasteiger partial charge < -0.3 is 10.3 Å². The van der Waals surface area contributed by atoms with Crippen molar-refractivity contribution in [1.82, 2.24) is 5.06 Å². The van der Waals surface area contributed by atoms with Crippen LogP contribution in [0.15, 0.2) is 24.3 Å². The Morgan fingerprint density at radius 2 is 0.725 bits per heavy atom. The fourth-order valence-corrected chi connectivity index (χ4v) is 5.49. The minimum absolute atomic E-state index is 0.742. The predicted molar refractivity (Wildman–Crippen MR) is 183 cm³/mol. The normalized spacial score (nSPS) is 12.2. The average molecular weight is 561 g/mol. The van der Waals surface area contributed by atoms with E-state index in [1.165, 1.54) is 172 Å². The van der Waals surface area contributed by atoms with Gasteiger partial charge in [-0.3, -0.25) is 0 Å². The highest BCUT2D eigenvalue weighted by molar-refractivity contribution is 4.82. The minimum Gasteiger partial charge on any atom is -0.785 e. The van der Waals surface area contributed by atoms with Gasteiger partial charge in [0.2, 0.25) is 0 Å². The molecule has 0 aromatic heterocycles. The van der Waals surface area contributed by atoms with Crippen LogP contribution in [0.3, 0.4) is 0 Å². The summed E-state index contributed by atoms with van der Waals surface area (Å²) in [6.45, 7) is 8.42. The fraction of sp³-hybridized carbons (Fsp3) is 0.895. The van der Waals surface area contributed by atoms with Crippen molar-refractivity contribution in [3.63, 3.8) is 0 Å². The number of rotatable bonds is 33. The molecule has 0 spiro atoms. The molecule has 2 heteroatoms. The summed E-state index contributed by atoms with van der Waals surface area (Å²) in [5.74, 6) is 0.869. The second-order valence-corrected chi connectivity index (χ2v) is 13.0. The van der Waals surface area contributed by atoms with Crippen molar-refractivity contribution in [2.45, 2.75) is 201 Å². The molecule has 0 radical (unpaired) electrons. The Balaban J connectivity index is 3.23. The lowest BCUT2D eigenvalue weighted by molar-refractivity contribution is 0.350. The van der Waals surface area contributed by atoms with Crippen LogP contribution in [0.5, 0.6) is 0 Å². The Bertz CT molecular complexity index is 512. The predicted octanol–water partition coefficient (Wildman–Crippen LogP) is 13.5. The van der Waals surface area contributed by atoms with Gasteiger partial charge in [0.1, 0.15) is 0 Å². The van der Waals surface area contributed by atoms with Crippen LogP contribution in [0.25, 0.3) is 0 Å². The molecule has 0 aromatic carbocycles. The van der Waals surface area contributed by atoms with E-state index in [1.807, 2.05) is 0 Å². The second-order valence-electron chi connectivity index (χ2n) is 13.0. The molecule has 0 saturated carbocycles. The molecule has 0 amide bonds. The van der Waals surface area contributed by atoms with Crippen molar-refractivity contribution in [2.24, 2.45) is 5.92 Å². The summed E-state index contributed by atoms with van der Waals surface area (Å²) in [7, 11) is 0. The Morgan fingerprint density at radius 1 is 0.425 bits per heavy atom. The van der Waals surface area contributed by atoms with Crippen molar-refractivity contribution in [3.05, 3.63) is 29.5 Å². The monoisotopic (exact) mass is 561 g/mol. The highest BCUT2D eigenvalue weighted by Crippen LogP contribution is 2.13. The van der Waals surface area contributed by atoms with Gasteiger partial charge >= 0.3 is 0 Å². The topological polar surface area (TPSA) is 26.3 Å². The van der Waals surface area contributed by atoms with E-state index in [0.29, 0.717) is 0 Å². The third-order valence-electron chi connectivity index (χ3n) is 8.27. The minimum atomic E-state index is 0.742. The maximum atomic E-state index is 12.1. The van der Waals surface area contributed by atoms with E-state index in [2.05, 4.69) is 45.1 Å². The van der Waals surface area contributed by atoms with Crippen LogP contribution in [0, 0.1) is 11.1 Å². The summed E-state index contributed by atoms with van der Waals surface area (Å²) in [6, 6.07) is 0. The molecule has 0 atom stereocenters. The van der Waals surface area contributed by atoms with Gasteiger partial charge in [-0.25, -0.2) is 0 Å². The number of allylic oxidation sites excluding steroid dienone is 4. The van der Waals surface area contributed by atoms with E-state index in [9.17, 15) is 5.21 Å². The number of hydrogen-bond donors (Lipinski definition) is 0. The van der Waals surface area contributed by atoms with Gasteiger partial charge in [0, 0.05) is 0 Å². The van der Waals surface area contributed by atoms with Gasteiger partial charge in [-0.15, -0.1) is 0 Å². The van der Waals surface area contributed by atoms with E-state index in [-0.39, 0.29) is 0 Å². The molecule has 0 aliphatic heterocycles. The summed E-state index contributed by atoms with van der Waals surface area (Å²) in [6.07, 6.45) is 46.7. The molecule has 2 nitrogen and oxygen atoms in total. The first kappa shape index (κ1) is 39.4. The highest BCUT2D eigenvalue weighted by atomic mass is 16.5. The van der Waals surface area contributed by atoms with E-state index in [0.717, 1.165) is 31.8 Å². The molecule has 0 aliphatic carbocycles. The van der Waals surface area contributed by atoms with Crippen LogP contribution >= 0.6 is 0 Å². The fourth-order valence-electron chi connectivity index (χ4n) is 5.49. The first-order valence-corrected chi connectivity index (χ1v) is 18.4. The van der Waals surface area contributed by atoms with E-state index >= 15 is 0 Å². The Morgan fingerprint density at radius 3 is 1.07 bits per heavy atom. The second kappa shape index (κ2) is 34.6. The third-order valence-corrected chi connectivity index (χ3v) is 8.27. The van der Waals surface area contributed by atoms with Gasteiger partial charge in [-0.05, 0) is 83.2 Å². The molecule has 0 saturated heterocycles. The van der Waals surface area contributed by atoms with Crippen molar-refractivity contribution in [3.8, 4) is 0 Å². The highest BCUT2D eigenvalue weighted by Gasteiger charge is 1.97. The molecule has 0 fully saturated rings. The summed E-state index contributed by atoms with van der Waals surface area (Å²) >= 11 is 0. The third kappa shape index (κ3) is 35.4. The van der Waals surface area contributed by atoms with Gasteiger partial charge in [-0.1, -0.05) is 161 Å². The Labute approximate surface area is 253 Å². The summed E-state index contributed by atoms with van der Waals surface area (Å²) in [4.78, 5) is 0. The van der Waals surface area contributed by atoms with E-state index < -0.39 is 0 Å². The quantitative estimate of drug-likeness (QED) is 0.0453. The molecule has 0 bridgehead atoms. The lowest BCUT2D eigenvalue weighted by Gasteiger charge is -2.27. The van der Waals surface area contributed by atoms with Crippen LogP contribution in [0.4, 0.5) is 0 Å². The van der Waals surface area contributed by atoms with Gasteiger partial charge in [0.25, 0.3) is 0 Å². The van der Waals surface area contributed by atoms with Gasteiger partial charge in [0.15, 0.2) is 0 Å². The van der Waals surface area contributed by atoms with E-state index in [1.54, 1.807) is 0 Å². The van der Waals surface area contributed by atoms with Crippen LogP contribution in [0.2, 0.25) is 0 Å². The van der Waals surface area contributed by atoms with E-state index in [4.69, 9.17) is 0 Å². The summed E-state index contributed by atoms with van der Waals surface area (Å²) in [5, 5.41) is 13.4. The molecule has 0 unspecified atom stereocenters. The van der Waals surface area contributed by atoms with Crippen LogP contribution in [0.1, 0.15) is 201 Å². The maximum Gasteiger partial charge on any atom is -0.0145 e. The van der Waals surface area contributed by atoms with Crippen LogP contribution in [-0.4, -0.2) is 18.2 Å². The summed E-state index contributed by atoms with van der Waals surface area (Å²) < 4.78 is 0. The summed E-state index contributed by atoms with van der Waals surface area (Å²) in [5.41, 5.74) is 0. The number of unbranched alkanes of at least 4 members (excludes halogenated alkanes) is 23. The Kier molecular flexibility index (Phi) is 34.1.